The molecule has 5 nitrogen and oxygen atoms in total. The van der Waals surface area contributed by atoms with Crippen LogP contribution in [0.25, 0.3) is 0 Å². The predicted molar refractivity (Wildman–Crippen MR) is 90.8 cm³/mol. The van der Waals surface area contributed by atoms with Crippen LogP contribution in [0, 0.1) is 5.41 Å². The minimum absolute atomic E-state index is 0.0159. The number of carbonyl (C=O) groups excluding carboxylic acids is 2. The SMILES string of the molecule is CCC(CC)(CN)C(=O)NCc1cccc(C(=O)NC2CC2)c1. The average Bonchev–Trinajstić information content (AvgIpc) is 3.39. The molecule has 0 radical (unpaired) electrons. The number of nitrogens with two attached hydrogens (primary N) is 1. The van der Waals surface area contributed by atoms with Crippen molar-refractivity contribution in [3.8, 4) is 0 Å². The van der Waals surface area contributed by atoms with Gasteiger partial charge in [-0.2, -0.15) is 0 Å². The van der Waals surface area contributed by atoms with E-state index in [1.165, 1.54) is 0 Å². The van der Waals surface area contributed by atoms with Crippen LogP contribution in [0.3, 0.4) is 0 Å². The number of hydrogen-bond donors (Lipinski definition) is 3. The van der Waals surface area contributed by atoms with Crippen molar-refractivity contribution >= 4 is 11.8 Å². The molecule has 0 saturated heterocycles. The summed E-state index contributed by atoms with van der Waals surface area (Å²) >= 11 is 0. The maximum atomic E-state index is 12.4. The van der Waals surface area contributed by atoms with E-state index in [1.54, 1.807) is 6.07 Å². The van der Waals surface area contributed by atoms with Crippen molar-refractivity contribution in [1.82, 2.24) is 10.6 Å². The third-order valence-electron chi connectivity index (χ3n) is 4.78. The van der Waals surface area contributed by atoms with Gasteiger partial charge in [-0.25, -0.2) is 0 Å². The smallest absolute Gasteiger partial charge is 0.251 e. The van der Waals surface area contributed by atoms with Crippen LogP contribution in [-0.2, 0) is 11.3 Å². The van der Waals surface area contributed by atoms with Gasteiger partial charge in [0.1, 0.15) is 0 Å². The van der Waals surface area contributed by atoms with Gasteiger partial charge in [-0.1, -0.05) is 26.0 Å². The largest absolute Gasteiger partial charge is 0.352 e. The molecule has 5 heteroatoms. The summed E-state index contributed by atoms with van der Waals surface area (Å²) in [5.41, 5.74) is 6.86. The van der Waals surface area contributed by atoms with E-state index in [9.17, 15) is 9.59 Å². The quantitative estimate of drug-likeness (QED) is 0.685. The van der Waals surface area contributed by atoms with E-state index in [0.717, 1.165) is 31.2 Å². The van der Waals surface area contributed by atoms with Gasteiger partial charge >= 0.3 is 0 Å². The van der Waals surface area contributed by atoms with E-state index < -0.39 is 5.41 Å². The van der Waals surface area contributed by atoms with Gasteiger partial charge in [-0.05, 0) is 43.4 Å². The van der Waals surface area contributed by atoms with E-state index >= 15 is 0 Å². The van der Waals surface area contributed by atoms with Gasteiger partial charge in [0.15, 0.2) is 0 Å². The molecule has 0 atom stereocenters. The van der Waals surface area contributed by atoms with Gasteiger partial charge in [0.25, 0.3) is 5.91 Å². The maximum Gasteiger partial charge on any atom is 0.251 e. The van der Waals surface area contributed by atoms with E-state index in [0.29, 0.717) is 24.7 Å². The van der Waals surface area contributed by atoms with Gasteiger partial charge in [-0.15, -0.1) is 0 Å². The molecule has 2 amide bonds. The number of hydrogen-bond acceptors (Lipinski definition) is 3. The molecule has 4 N–H and O–H groups in total. The highest BCUT2D eigenvalue weighted by atomic mass is 16.2. The summed E-state index contributed by atoms with van der Waals surface area (Å²) in [4.78, 5) is 24.5. The van der Waals surface area contributed by atoms with Crippen LogP contribution in [0.5, 0.6) is 0 Å². The topological polar surface area (TPSA) is 84.2 Å². The molecule has 1 aromatic carbocycles. The minimum atomic E-state index is -0.499. The highest BCUT2D eigenvalue weighted by Crippen LogP contribution is 2.25. The molecule has 0 spiro atoms. The molecular weight excluding hydrogens is 290 g/mol. The van der Waals surface area contributed by atoms with Crippen LogP contribution in [0.2, 0.25) is 0 Å². The Balaban J connectivity index is 1.97. The fourth-order valence-corrected chi connectivity index (χ4v) is 2.64. The first-order valence-corrected chi connectivity index (χ1v) is 8.43. The first-order valence-electron chi connectivity index (χ1n) is 8.43. The molecule has 2 rings (SSSR count). The lowest BCUT2D eigenvalue weighted by Crippen LogP contribution is -2.45. The van der Waals surface area contributed by atoms with Crippen LogP contribution in [0.1, 0.15) is 55.5 Å². The Kier molecular flexibility index (Phi) is 5.77. The van der Waals surface area contributed by atoms with Crippen LogP contribution < -0.4 is 16.4 Å². The van der Waals surface area contributed by atoms with E-state index in [-0.39, 0.29) is 11.8 Å². The Bertz CT molecular complexity index is 555. The van der Waals surface area contributed by atoms with Crippen LogP contribution in [0.4, 0.5) is 0 Å². The fourth-order valence-electron chi connectivity index (χ4n) is 2.64. The van der Waals surface area contributed by atoms with Crippen molar-refractivity contribution in [3.63, 3.8) is 0 Å². The zero-order valence-electron chi connectivity index (χ0n) is 14.0. The monoisotopic (exact) mass is 317 g/mol. The summed E-state index contributed by atoms with van der Waals surface area (Å²) in [6.45, 7) is 4.72. The van der Waals surface area contributed by atoms with Crippen molar-refractivity contribution in [1.29, 1.82) is 0 Å². The molecule has 1 aliphatic rings. The number of nitrogens with one attached hydrogen (secondary N) is 2. The standard InChI is InChI=1S/C18H27N3O2/c1-3-18(4-2,12-19)17(23)20-11-13-6-5-7-14(10-13)16(22)21-15-8-9-15/h5-7,10,15H,3-4,8-9,11-12,19H2,1-2H3,(H,20,23)(H,21,22). The second-order valence-corrected chi connectivity index (χ2v) is 6.32. The highest BCUT2D eigenvalue weighted by Gasteiger charge is 2.33. The van der Waals surface area contributed by atoms with E-state index in [1.807, 2.05) is 32.0 Å². The normalized spacial score (nSPS) is 14.4. The average molecular weight is 317 g/mol. The summed E-state index contributed by atoms with van der Waals surface area (Å²) in [6, 6.07) is 7.73. The first-order chi connectivity index (χ1) is 11.0. The second kappa shape index (κ2) is 7.59. The number of amides is 2. The van der Waals surface area contributed by atoms with Gasteiger partial charge in [0.05, 0.1) is 5.41 Å². The molecule has 0 aliphatic heterocycles. The molecule has 1 saturated carbocycles. The zero-order valence-corrected chi connectivity index (χ0v) is 14.0. The molecule has 0 bridgehead atoms. The zero-order chi connectivity index (χ0) is 16.9. The Morgan fingerprint density at radius 3 is 2.52 bits per heavy atom. The molecule has 1 aromatic rings. The lowest BCUT2D eigenvalue weighted by molar-refractivity contribution is -0.131. The molecule has 0 aromatic heterocycles. The first kappa shape index (κ1) is 17.5. The summed E-state index contributed by atoms with van der Waals surface area (Å²) in [5, 5.41) is 5.93. The summed E-state index contributed by atoms with van der Waals surface area (Å²) < 4.78 is 0. The predicted octanol–water partition coefficient (Wildman–Crippen LogP) is 1.96. The van der Waals surface area contributed by atoms with Crippen molar-refractivity contribution in [2.24, 2.45) is 11.1 Å². The number of carbonyl (C=O) groups is 2. The highest BCUT2D eigenvalue weighted by molar-refractivity contribution is 5.94. The fraction of sp³-hybridized carbons (Fsp3) is 0.556. The van der Waals surface area contributed by atoms with Gasteiger partial charge in [0, 0.05) is 24.7 Å². The molecule has 23 heavy (non-hydrogen) atoms. The Labute approximate surface area is 138 Å². The van der Waals surface area contributed by atoms with Crippen LogP contribution in [-0.4, -0.2) is 24.4 Å². The maximum absolute atomic E-state index is 12.4. The molecule has 126 valence electrons. The molecule has 1 fully saturated rings. The summed E-state index contributed by atoms with van der Waals surface area (Å²) in [6.07, 6.45) is 3.57. The number of benzene rings is 1. The van der Waals surface area contributed by atoms with E-state index in [4.69, 9.17) is 5.73 Å². The molecular formula is C18H27N3O2. The van der Waals surface area contributed by atoms with Crippen molar-refractivity contribution in [2.45, 2.75) is 52.1 Å². The third kappa shape index (κ3) is 4.32. The molecule has 0 unspecified atom stereocenters. The second-order valence-electron chi connectivity index (χ2n) is 6.32. The van der Waals surface area contributed by atoms with E-state index in [2.05, 4.69) is 10.6 Å². The van der Waals surface area contributed by atoms with Gasteiger partial charge in [0.2, 0.25) is 5.91 Å². The van der Waals surface area contributed by atoms with Crippen molar-refractivity contribution in [2.75, 3.05) is 6.54 Å². The Morgan fingerprint density at radius 1 is 1.26 bits per heavy atom. The summed E-state index contributed by atoms with van der Waals surface area (Å²) in [7, 11) is 0. The van der Waals surface area contributed by atoms with Gasteiger partial charge < -0.3 is 16.4 Å². The Morgan fingerprint density at radius 2 is 1.96 bits per heavy atom. The summed E-state index contributed by atoms with van der Waals surface area (Å²) in [5.74, 6) is -0.0584. The molecule has 0 heterocycles. The van der Waals surface area contributed by atoms with Crippen LogP contribution in [0.15, 0.2) is 24.3 Å². The third-order valence-corrected chi connectivity index (χ3v) is 4.78. The lowest BCUT2D eigenvalue weighted by atomic mass is 9.81. The van der Waals surface area contributed by atoms with Crippen molar-refractivity contribution < 1.29 is 9.59 Å². The Hall–Kier alpha value is -1.88. The molecule has 1 aliphatic carbocycles. The number of rotatable bonds is 8. The van der Waals surface area contributed by atoms with Gasteiger partial charge in [-0.3, -0.25) is 9.59 Å². The van der Waals surface area contributed by atoms with Crippen LogP contribution >= 0.6 is 0 Å². The van der Waals surface area contributed by atoms with Crippen molar-refractivity contribution in [3.05, 3.63) is 35.4 Å². The minimum Gasteiger partial charge on any atom is -0.352 e. The lowest BCUT2D eigenvalue weighted by Gasteiger charge is -2.28.